The summed E-state index contributed by atoms with van der Waals surface area (Å²) in [5, 5.41) is 8.38. The zero-order chi connectivity index (χ0) is 11.1. The van der Waals surface area contributed by atoms with Crippen LogP contribution in [0.15, 0.2) is 24.3 Å². The molecule has 0 heterocycles. The Morgan fingerprint density at radius 3 is 2.53 bits per heavy atom. The molecule has 0 atom stereocenters. The van der Waals surface area contributed by atoms with Gasteiger partial charge in [-0.25, -0.2) is 0 Å². The van der Waals surface area contributed by atoms with E-state index in [2.05, 4.69) is 24.3 Å². The molecule has 3 heteroatoms. The van der Waals surface area contributed by atoms with E-state index in [-0.39, 0.29) is 6.42 Å². The van der Waals surface area contributed by atoms with Crippen molar-refractivity contribution in [3.63, 3.8) is 0 Å². The minimum atomic E-state index is -0.815. The van der Waals surface area contributed by atoms with Crippen molar-refractivity contribution in [1.82, 2.24) is 0 Å². The Morgan fingerprint density at radius 2 is 1.93 bits per heavy atom. The van der Waals surface area contributed by atoms with Crippen LogP contribution < -0.4 is 0 Å². The van der Waals surface area contributed by atoms with E-state index in [0.29, 0.717) is 13.2 Å². The first-order valence-corrected chi connectivity index (χ1v) is 5.03. The summed E-state index contributed by atoms with van der Waals surface area (Å²) >= 11 is 0. The lowest BCUT2D eigenvalue weighted by molar-refractivity contribution is -0.138. The predicted octanol–water partition coefficient (Wildman–Crippen LogP) is 2.03. The maximum Gasteiger partial charge on any atom is 0.305 e. The number of hydrogen-bond donors (Lipinski definition) is 1. The van der Waals surface area contributed by atoms with Crippen LogP contribution in [0.2, 0.25) is 0 Å². The van der Waals surface area contributed by atoms with Gasteiger partial charge in [-0.1, -0.05) is 29.8 Å². The molecule has 0 saturated carbocycles. The van der Waals surface area contributed by atoms with Crippen LogP contribution in [0.1, 0.15) is 17.5 Å². The monoisotopic (exact) mass is 208 g/mol. The van der Waals surface area contributed by atoms with Crippen molar-refractivity contribution < 1.29 is 14.6 Å². The lowest BCUT2D eigenvalue weighted by atomic mass is 10.1. The van der Waals surface area contributed by atoms with Gasteiger partial charge in [-0.2, -0.15) is 0 Å². The van der Waals surface area contributed by atoms with Gasteiger partial charge in [-0.15, -0.1) is 0 Å². The van der Waals surface area contributed by atoms with Crippen LogP contribution in [0.5, 0.6) is 0 Å². The molecule has 0 spiro atoms. The predicted molar refractivity (Wildman–Crippen MR) is 58.0 cm³/mol. The summed E-state index contributed by atoms with van der Waals surface area (Å²) in [4.78, 5) is 10.2. The summed E-state index contributed by atoms with van der Waals surface area (Å²) in [5.41, 5.74) is 2.46. The molecule has 1 N–H and O–H groups in total. The minimum Gasteiger partial charge on any atom is -0.481 e. The maximum absolute atomic E-state index is 10.2. The second-order valence-corrected chi connectivity index (χ2v) is 3.49. The standard InChI is InChI=1S/C12H16O3/c1-10-2-4-11(5-3-10)6-8-15-9-7-12(13)14/h2-5H,6-9H2,1H3,(H,13,14). The molecule has 1 aromatic carbocycles. The molecule has 15 heavy (non-hydrogen) atoms. The molecule has 3 nitrogen and oxygen atoms in total. The number of benzene rings is 1. The van der Waals surface area contributed by atoms with Gasteiger partial charge in [-0.3, -0.25) is 4.79 Å². The normalized spacial score (nSPS) is 10.2. The molecular formula is C12H16O3. The molecule has 0 aromatic heterocycles. The summed E-state index contributed by atoms with van der Waals surface area (Å²) in [6, 6.07) is 8.25. The first-order valence-electron chi connectivity index (χ1n) is 5.03. The molecule has 0 saturated heterocycles. The van der Waals surface area contributed by atoms with E-state index < -0.39 is 5.97 Å². The number of aryl methyl sites for hydroxylation is 1. The molecular weight excluding hydrogens is 192 g/mol. The Kier molecular flexibility index (Phi) is 4.84. The van der Waals surface area contributed by atoms with E-state index in [9.17, 15) is 4.79 Å². The van der Waals surface area contributed by atoms with Gasteiger partial charge < -0.3 is 9.84 Å². The van der Waals surface area contributed by atoms with Crippen molar-refractivity contribution in [3.8, 4) is 0 Å². The zero-order valence-corrected chi connectivity index (χ0v) is 8.90. The Morgan fingerprint density at radius 1 is 1.27 bits per heavy atom. The molecule has 1 rings (SSSR count). The fraction of sp³-hybridized carbons (Fsp3) is 0.417. The van der Waals surface area contributed by atoms with E-state index in [0.717, 1.165) is 6.42 Å². The van der Waals surface area contributed by atoms with Crippen molar-refractivity contribution in [2.45, 2.75) is 19.8 Å². The summed E-state index contributed by atoms with van der Waals surface area (Å²) in [6.45, 7) is 2.92. The van der Waals surface area contributed by atoms with Crippen LogP contribution >= 0.6 is 0 Å². The summed E-state index contributed by atoms with van der Waals surface area (Å²) in [6.07, 6.45) is 0.911. The van der Waals surface area contributed by atoms with Crippen LogP contribution in [0, 0.1) is 6.92 Å². The Hall–Kier alpha value is -1.35. The third-order valence-electron chi connectivity index (χ3n) is 2.12. The highest BCUT2D eigenvalue weighted by Crippen LogP contribution is 2.03. The van der Waals surface area contributed by atoms with Crippen molar-refractivity contribution in [2.24, 2.45) is 0 Å². The number of carboxylic acid groups (broad SMARTS) is 1. The van der Waals surface area contributed by atoms with E-state index in [4.69, 9.17) is 9.84 Å². The molecule has 0 fully saturated rings. The number of rotatable bonds is 6. The van der Waals surface area contributed by atoms with Crippen molar-refractivity contribution in [3.05, 3.63) is 35.4 Å². The Labute approximate surface area is 89.7 Å². The van der Waals surface area contributed by atoms with Crippen molar-refractivity contribution in [1.29, 1.82) is 0 Å². The average Bonchev–Trinajstić information content (AvgIpc) is 2.20. The van der Waals surface area contributed by atoms with Gasteiger partial charge in [0.25, 0.3) is 0 Å². The summed E-state index contributed by atoms with van der Waals surface area (Å²) < 4.78 is 5.20. The van der Waals surface area contributed by atoms with Gasteiger partial charge in [0, 0.05) is 0 Å². The number of carboxylic acids is 1. The largest absolute Gasteiger partial charge is 0.481 e. The molecule has 82 valence electrons. The third kappa shape index (κ3) is 5.18. The smallest absolute Gasteiger partial charge is 0.305 e. The number of carbonyl (C=O) groups is 1. The van der Waals surface area contributed by atoms with Crippen LogP contribution in [-0.2, 0) is 16.0 Å². The number of hydrogen-bond acceptors (Lipinski definition) is 2. The molecule has 0 aliphatic heterocycles. The lowest BCUT2D eigenvalue weighted by Gasteiger charge is -2.03. The summed E-state index contributed by atoms with van der Waals surface area (Å²) in [7, 11) is 0. The average molecular weight is 208 g/mol. The van der Waals surface area contributed by atoms with Crippen molar-refractivity contribution >= 4 is 5.97 Å². The van der Waals surface area contributed by atoms with Crippen molar-refractivity contribution in [2.75, 3.05) is 13.2 Å². The lowest BCUT2D eigenvalue weighted by Crippen LogP contribution is -2.05. The minimum absolute atomic E-state index is 0.0773. The van der Waals surface area contributed by atoms with E-state index in [1.807, 2.05) is 6.92 Å². The topological polar surface area (TPSA) is 46.5 Å². The number of aliphatic carboxylic acids is 1. The van der Waals surface area contributed by atoms with Gasteiger partial charge in [0.2, 0.25) is 0 Å². The highest BCUT2D eigenvalue weighted by atomic mass is 16.5. The maximum atomic E-state index is 10.2. The third-order valence-corrected chi connectivity index (χ3v) is 2.12. The highest BCUT2D eigenvalue weighted by molar-refractivity contribution is 5.66. The Bertz CT molecular complexity index is 303. The van der Waals surface area contributed by atoms with Crippen LogP contribution in [0.25, 0.3) is 0 Å². The van der Waals surface area contributed by atoms with Crippen LogP contribution in [0.3, 0.4) is 0 Å². The second kappa shape index (κ2) is 6.19. The molecule has 0 bridgehead atoms. The molecule has 1 aromatic rings. The van der Waals surface area contributed by atoms with Gasteiger partial charge >= 0.3 is 5.97 Å². The van der Waals surface area contributed by atoms with E-state index in [1.54, 1.807) is 0 Å². The molecule has 0 amide bonds. The molecule has 0 aliphatic carbocycles. The van der Waals surface area contributed by atoms with Gasteiger partial charge in [0.15, 0.2) is 0 Å². The van der Waals surface area contributed by atoms with Crippen LogP contribution in [-0.4, -0.2) is 24.3 Å². The second-order valence-electron chi connectivity index (χ2n) is 3.49. The number of ether oxygens (including phenoxy) is 1. The SMILES string of the molecule is Cc1ccc(CCOCCC(=O)O)cc1. The van der Waals surface area contributed by atoms with Gasteiger partial charge in [0.1, 0.15) is 0 Å². The first-order chi connectivity index (χ1) is 7.18. The zero-order valence-electron chi connectivity index (χ0n) is 8.90. The Balaban J connectivity index is 2.15. The van der Waals surface area contributed by atoms with E-state index >= 15 is 0 Å². The van der Waals surface area contributed by atoms with Crippen LogP contribution in [0.4, 0.5) is 0 Å². The summed E-state index contributed by atoms with van der Waals surface area (Å²) in [5.74, 6) is -0.815. The van der Waals surface area contributed by atoms with E-state index in [1.165, 1.54) is 11.1 Å². The molecule has 0 unspecified atom stereocenters. The fourth-order valence-electron chi connectivity index (χ4n) is 1.21. The fourth-order valence-corrected chi connectivity index (χ4v) is 1.21. The molecule has 0 radical (unpaired) electrons. The molecule has 0 aliphatic rings. The van der Waals surface area contributed by atoms with Gasteiger partial charge in [-0.05, 0) is 18.9 Å². The first kappa shape index (κ1) is 11.7. The highest BCUT2D eigenvalue weighted by Gasteiger charge is 1.97. The quantitative estimate of drug-likeness (QED) is 0.727. The van der Waals surface area contributed by atoms with Gasteiger partial charge in [0.05, 0.1) is 19.6 Å².